The monoisotopic (exact) mass is 441 g/mol. The normalized spacial score (nSPS) is 26.2. The predicted molar refractivity (Wildman–Crippen MR) is 116 cm³/mol. The molecule has 2 aromatic heterocycles. The summed E-state index contributed by atoms with van der Waals surface area (Å²) in [5.41, 5.74) is 1.69. The van der Waals surface area contributed by atoms with Crippen LogP contribution in [0.1, 0.15) is 43.9 Å². The van der Waals surface area contributed by atoms with E-state index in [4.69, 9.17) is 4.74 Å². The summed E-state index contributed by atoms with van der Waals surface area (Å²) >= 11 is 0. The van der Waals surface area contributed by atoms with Gasteiger partial charge >= 0.3 is 0 Å². The molecule has 2 aliphatic rings. The maximum Gasteiger partial charge on any atom is 0.167 e. The third-order valence-electron chi connectivity index (χ3n) is 6.66. The molecule has 3 aromatic rings. The summed E-state index contributed by atoms with van der Waals surface area (Å²) in [6, 6.07) is 6.54. The van der Waals surface area contributed by atoms with Crippen LogP contribution in [-0.2, 0) is 11.2 Å². The van der Waals surface area contributed by atoms with Crippen LogP contribution in [0.5, 0.6) is 0 Å². The quantitative estimate of drug-likeness (QED) is 0.518. The average Bonchev–Trinajstić information content (AvgIpc) is 3.53. The first-order valence-corrected chi connectivity index (χ1v) is 11.3. The summed E-state index contributed by atoms with van der Waals surface area (Å²) in [5, 5.41) is 24.6. The van der Waals surface area contributed by atoms with E-state index in [1.54, 1.807) is 29.1 Å². The van der Waals surface area contributed by atoms with Crippen molar-refractivity contribution in [1.82, 2.24) is 19.5 Å². The second kappa shape index (κ2) is 9.09. The molecule has 1 aliphatic heterocycles. The van der Waals surface area contributed by atoms with Crippen molar-refractivity contribution in [3.05, 3.63) is 48.3 Å². The number of fused-ring (bicyclic) bond motifs is 1. The minimum absolute atomic E-state index is 0.285. The number of aromatic nitrogens is 4. The van der Waals surface area contributed by atoms with Crippen molar-refractivity contribution in [3.63, 3.8) is 0 Å². The molecular formula is C23H28FN5O3. The van der Waals surface area contributed by atoms with Gasteiger partial charge in [-0.15, -0.1) is 0 Å². The molecule has 3 heterocycles. The summed E-state index contributed by atoms with van der Waals surface area (Å²) in [6.45, 7) is 0.846. The number of halogens is 1. The van der Waals surface area contributed by atoms with Crippen LogP contribution in [0.15, 0.2) is 36.9 Å². The maximum atomic E-state index is 13.9. The van der Waals surface area contributed by atoms with E-state index in [0.29, 0.717) is 41.3 Å². The van der Waals surface area contributed by atoms with Gasteiger partial charge in [-0.1, -0.05) is 31.0 Å². The van der Waals surface area contributed by atoms with E-state index in [2.05, 4.69) is 20.3 Å². The summed E-state index contributed by atoms with van der Waals surface area (Å²) in [5.74, 6) is 1.02. The molecule has 0 radical (unpaired) electrons. The first kappa shape index (κ1) is 21.2. The lowest BCUT2D eigenvalue weighted by atomic mass is 10.0. The van der Waals surface area contributed by atoms with Gasteiger partial charge in [0.05, 0.1) is 12.4 Å². The topological polar surface area (TPSA) is 105 Å². The van der Waals surface area contributed by atoms with E-state index >= 15 is 0 Å². The predicted octanol–water partition coefficient (Wildman–Crippen LogP) is 2.82. The maximum absolute atomic E-state index is 13.9. The number of hydrogen-bond acceptors (Lipinski definition) is 7. The standard InChI is InChI=1S/C23H28FN5O3/c24-16-8-4-3-7-15(16)9-10-17-19(30)20(31)23(32-17)29-13-28-18-21(26-12-27-22(18)29)25-11-14-5-1-2-6-14/h3-4,7-8,12-14,17,19-20,23,30-31H,1-2,5-6,9-11H2,(H,25,26,27)/t17-,19-,20-,23-/m1/s1. The second-order valence-corrected chi connectivity index (χ2v) is 8.75. The fourth-order valence-corrected chi connectivity index (χ4v) is 4.82. The van der Waals surface area contributed by atoms with Crippen LogP contribution in [0.25, 0.3) is 11.2 Å². The number of aliphatic hydroxyl groups is 2. The Morgan fingerprint density at radius 1 is 1.09 bits per heavy atom. The largest absolute Gasteiger partial charge is 0.388 e. The van der Waals surface area contributed by atoms with Crippen molar-refractivity contribution in [3.8, 4) is 0 Å². The van der Waals surface area contributed by atoms with Crippen molar-refractivity contribution >= 4 is 17.0 Å². The van der Waals surface area contributed by atoms with Gasteiger partial charge in [-0.2, -0.15) is 0 Å². The van der Waals surface area contributed by atoms with Crippen molar-refractivity contribution in [2.45, 2.75) is 63.1 Å². The molecule has 5 rings (SSSR count). The highest BCUT2D eigenvalue weighted by Gasteiger charge is 2.44. The van der Waals surface area contributed by atoms with Gasteiger partial charge < -0.3 is 20.3 Å². The Balaban J connectivity index is 1.31. The fourth-order valence-electron chi connectivity index (χ4n) is 4.82. The molecule has 4 atom stereocenters. The molecule has 170 valence electrons. The minimum Gasteiger partial charge on any atom is -0.388 e. The number of imidazole rings is 1. The number of anilines is 1. The molecule has 9 heteroatoms. The number of aliphatic hydroxyl groups excluding tert-OH is 2. The zero-order valence-corrected chi connectivity index (χ0v) is 17.8. The third kappa shape index (κ3) is 4.07. The molecule has 1 saturated heterocycles. The molecule has 2 fully saturated rings. The van der Waals surface area contributed by atoms with E-state index in [9.17, 15) is 14.6 Å². The Kier molecular flexibility index (Phi) is 6.03. The van der Waals surface area contributed by atoms with Gasteiger partial charge in [0.25, 0.3) is 0 Å². The van der Waals surface area contributed by atoms with Gasteiger partial charge in [-0.3, -0.25) is 4.57 Å². The summed E-state index contributed by atoms with van der Waals surface area (Å²) in [6.07, 6.45) is 5.09. The van der Waals surface area contributed by atoms with Crippen LogP contribution in [0.3, 0.4) is 0 Å². The number of hydrogen-bond donors (Lipinski definition) is 3. The molecule has 1 aliphatic carbocycles. The molecule has 0 bridgehead atoms. The molecule has 1 saturated carbocycles. The van der Waals surface area contributed by atoms with E-state index < -0.39 is 24.5 Å². The lowest BCUT2D eigenvalue weighted by Crippen LogP contribution is -2.31. The minimum atomic E-state index is -1.15. The molecule has 0 spiro atoms. The number of ether oxygens (including phenoxy) is 1. The molecule has 8 nitrogen and oxygen atoms in total. The molecule has 1 aromatic carbocycles. The van der Waals surface area contributed by atoms with Gasteiger partial charge in [0.15, 0.2) is 23.2 Å². The van der Waals surface area contributed by atoms with Crippen molar-refractivity contribution in [1.29, 1.82) is 0 Å². The smallest absolute Gasteiger partial charge is 0.167 e. The van der Waals surface area contributed by atoms with E-state index in [-0.39, 0.29) is 5.82 Å². The first-order valence-electron chi connectivity index (χ1n) is 11.3. The SMILES string of the molecule is O[C@@H]1[C@H](O)[C@@H](CCc2ccccc2F)O[C@H]1n1cnc2c(NCC3CCCC3)ncnc21. The highest BCUT2D eigenvalue weighted by molar-refractivity contribution is 5.82. The zero-order chi connectivity index (χ0) is 22.1. The Morgan fingerprint density at radius 3 is 2.72 bits per heavy atom. The fraction of sp³-hybridized carbons (Fsp3) is 0.522. The number of nitrogens with zero attached hydrogens (tertiary/aromatic N) is 4. The summed E-state index contributed by atoms with van der Waals surface area (Å²) in [4.78, 5) is 13.1. The summed E-state index contributed by atoms with van der Waals surface area (Å²) < 4.78 is 21.6. The van der Waals surface area contributed by atoms with Crippen molar-refractivity contribution in [2.24, 2.45) is 5.92 Å². The highest BCUT2D eigenvalue weighted by Crippen LogP contribution is 2.34. The van der Waals surface area contributed by atoms with Crippen LogP contribution in [0.2, 0.25) is 0 Å². The Labute approximate surface area is 185 Å². The first-order chi connectivity index (χ1) is 15.6. The average molecular weight is 442 g/mol. The van der Waals surface area contributed by atoms with E-state index in [0.717, 1.165) is 6.54 Å². The number of aryl methyl sites for hydroxylation is 1. The van der Waals surface area contributed by atoms with Crippen molar-refractivity contribution < 1.29 is 19.3 Å². The zero-order valence-electron chi connectivity index (χ0n) is 17.8. The molecular weight excluding hydrogens is 413 g/mol. The summed E-state index contributed by atoms with van der Waals surface area (Å²) in [7, 11) is 0. The lowest BCUT2D eigenvalue weighted by Gasteiger charge is -2.17. The van der Waals surface area contributed by atoms with Gasteiger partial charge in [0.2, 0.25) is 0 Å². The number of rotatable bonds is 7. The Hall–Kier alpha value is -2.62. The van der Waals surface area contributed by atoms with Crippen LogP contribution in [0.4, 0.5) is 10.2 Å². The van der Waals surface area contributed by atoms with E-state index in [1.807, 2.05) is 0 Å². The number of benzene rings is 1. The van der Waals surface area contributed by atoms with Crippen molar-refractivity contribution in [2.75, 3.05) is 11.9 Å². The molecule has 3 N–H and O–H groups in total. The van der Waals surface area contributed by atoms with Crippen LogP contribution in [-0.4, -0.2) is 54.6 Å². The third-order valence-corrected chi connectivity index (χ3v) is 6.66. The van der Waals surface area contributed by atoms with Crippen LogP contribution < -0.4 is 5.32 Å². The van der Waals surface area contributed by atoms with Crippen LogP contribution in [0, 0.1) is 11.7 Å². The molecule has 0 unspecified atom stereocenters. The van der Waals surface area contributed by atoms with Gasteiger partial charge in [0, 0.05) is 6.54 Å². The Bertz CT molecular complexity index is 1070. The van der Waals surface area contributed by atoms with Crippen LogP contribution >= 0.6 is 0 Å². The Morgan fingerprint density at radius 2 is 1.91 bits per heavy atom. The van der Waals surface area contributed by atoms with Gasteiger partial charge in [-0.25, -0.2) is 19.3 Å². The van der Waals surface area contributed by atoms with E-state index in [1.165, 1.54) is 38.1 Å². The lowest BCUT2D eigenvalue weighted by molar-refractivity contribution is -0.0368. The van der Waals surface area contributed by atoms with Gasteiger partial charge in [-0.05, 0) is 43.2 Å². The molecule has 32 heavy (non-hydrogen) atoms. The second-order valence-electron chi connectivity index (χ2n) is 8.75. The van der Waals surface area contributed by atoms with Gasteiger partial charge in [0.1, 0.15) is 24.4 Å². The molecule has 0 amide bonds. The highest BCUT2D eigenvalue weighted by atomic mass is 19.1. The number of nitrogens with one attached hydrogen (secondary N) is 1.